The van der Waals surface area contributed by atoms with Gasteiger partial charge in [-0.1, -0.05) is 13.0 Å². The molecule has 13 heteroatoms. The van der Waals surface area contributed by atoms with Gasteiger partial charge in [-0.05, 0) is 31.5 Å². The number of anilines is 1. The first-order chi connectivity index (χ1) is 17.3. The summed E-state index contributed by atoms with van der Waals surface area (Å²) in [5.41, 5.74) is 1.32. The van der Waals surface area contributed by atoms with E-state index in [1.807, 2.05) is 6.92 Å². The van der Waals surface area contributed by atoms with Crippen LogP contribution in [0.3, 0.4) is 0 Å². The van der Waals surface area contributed by atoms with Crippen LogP contribution in [0, 0.1) is 6.92 Å². The minimum Gasteiger partial charge on any atom is -0.494 e. The topological polar surface area (TPSA) is 140 Å². The predicted molar refractivity (Wildman–Crippen MR) is 131 cm³/mol. The minimum absolute atomic E-state index is 0.0363. The highest BCUT2D eigenvalue weighted by atomic mass is 32.2. The molecular formula is C23H30N6O6S. The molecule has 4 rings (SSSR count). The van der Waals surface area contributed by atoms with Crippen LogP contribution in [0.1, 0.15) is 43.1 Å². The molecule has 0 amide bonds. The lowest BCUT2D eigenvalue weighted by molar-refractivity contribution is -0.0941. The maximum absolute atomic E-state index is 13.5. The highest BCUT2D eigenvalue weighted by molar-refractivity contribution is 7.93. The fourth-order valence-electron chi connectivity index (χ4n) is 3.82. The van der Waals surface area contributed by atoms with Gasteiger partial charge in [-0.25, -0.2) is 18.4 Å². The van der Waals surface area contributed by atoms with Crippen molar-refractivity contribution in [1.29, 1.82) is 0 Å². The van der Waals surface area contributed by atoms with Crippen molar-refractivity contribution in [2.24, 2.45) is 0 Å². The Balaban J connectivity index is 1.77. The van der Waals surface area contributed by atoms with E-state index in [1.54, 1.807) is 44.4 Å². The SMILES string of the molecule is COc1cccc(OC)c1-n1c(NS(=O)(=O)[C@@H](C)[C@H](C)c2ncc(C)cn2)nnc1C1COCCO1. The van der Waals surface area contributed by atoms with Crippen LogP contribution in [0.25, 0.3) is 5.69 Å². The molecule has 3 aromatic rings. The molecule has 3 heterocycles. The van der Waals surface area contributed by atoms with Gasteiger partial charge in [-0.3, -0.25) is 9.29 Å². The van der Waals surface area contributed by atoms with E-state index in [2.05, 4.69) is 24.9 Å². The smallest absolute Gasteiger partial charge is 0.243 e. The number of hydrogen-bond acceptors (Lipinski definition) is 10. The van der Waals surface area contributed by atoms with Gasteiger partial charge in [-0.2, -0.15) is 0 Å². The Kier molecular flexibility index (Phi) is 7.71. The summed E-state index contributed by atoms with van der Waals surface area (Å²) < 4.78 is 53.7. The van der Waals surface area contributed by atoms with Gasteiger partial charge in [0.25, 0.3) is 0 Å². The molecule has 1 aliphatic rings. The zero-order valence-electron chi connectivity index (χ0n) is 20.8. The molecule has 0 spiro atoms. The molecule has 0 saturated carbocycles. The molecule has 0 bridgehead atoms. The van der Waals surface area contributed by atoms with Crippen LogP contribution in [0.2, 0.25) is 0 Å². The van der Waals surface area contributed by atoms with E-state index < -0.39 is 27.3 Å². The summed E-state index contributed by atoms with van der Waals surface area (Å²) in [7, 11) is -0.942. The molecule has 1 aliphatic heterocycles. The largest absolute Gasteiger partial charge is 0.494 e. The summed E-state index contributed by atoms with van der Waals surface area (Å²) in [5, 5.41) is 7.56. The first-order valence-corrected chi connectivity index (χ1v) is 13.0. The molecule has 12 nitrogen and oxygen atoms in total. The summed E-state index contributed by atoms with van der Waals surface area (Å²) >= 11 is 0. The number of methoxy groups -OCH3 is 2. The molecule has 0 aliphatic carbocycles. The second kappa shape index (κ2) is 10.8. The number of sulfonamides is 1. The maximum Gasteiger partial charge on any atom is 0.243 e. The van der Waals surface area contributed by atoms with E-state index in [4.69, 9.17) is 18.9 Å². The summed E-state index contributed by atoms with van der Waals surface area (Å²) in [5.74, 6) is 1.11. The molecule has 1 aromatic carbocycles. The van der Waals surface area contributed by atoms with Crippen LogP contribution in [-0.2, 0) is 19.5 Å². The summed E-state index contributed by atoms with van der Waals surface area (Å²) in [6, 6.07) is 5.23. The van der Waals surface area contributed by atoms with Crippen LogP contribution in [0.4, 0.5) is 5.95 Å². The summed E-state index contributed by atoms with van der Waals surface area (Å²) in [6.45, 7) is 6.29. The monoisotopic (exact) mass is 518 g/mol. The first kappa shape index (κ1) is 25.8. The summed E-state index contributed by atoms with van der Waals surface area (Å²) in [6.07, 6.45) is 2.75. The van der Waals surface area contributed by atoms with Crippen molar-refractivity contribution in [3.8, 4) is 17.2 Å². The Bertz CT molecular complexity index is 1270. The zero-order chi connectivity index (χ0) is 25.9. The first-order valence-electron chi connectivity index (χ1n) is 11.4. The quantitative estimate of drug-likeness (QED) is 0.449. The Morgan fingerprint density at radius 1 is 1.08 bits per heavy atom. The van der Waals surface area contributed by atoms with Gasteiger partial charge in [0, 0.05) is 18.3 Å². The van der Waals surface area contributed by atoms with Crippen LogP contribution in [0.5, 0.6) is 11.5 Å². The van der Waals surface area contributed by atoms with E-state index >= 15 is 0 Å². The van der Waals surface area contributed by atoms with Gasteiger partial charge in [0.1, 0.15) is 29.1 Å². The molecule has 194 valence electrons. The zero-order valence-corrected chi connectivity index (χ0v) is 21.7. The van der Waals surface area contributed by atoms with Crippen molar-refractivity contribution in [2.75, 3.05) is 38.8 Å². The van der Waals surface area contributed by atoms with Gasteiger partial charge in [0.2, 0.25) is 16.0 Å². The Labute approximate surface area is 210 Å². The number of hydrogen-bond donors (Lipinski definition) is 1. The van der Waals surface area contributed by atoms with E-state index in [-0.39, 0.29) is 12.6 Å². The average Bonchev–Trinajstić information content (AvgIpc) is 3.30. The third kappa shape index (κ3) is 5.13. The van der Waals surface area contributed by atoms with Crippen molar-refractivity contribution < 1.29 is 27.4 Å². The maximum atomic E-state index is 13.5. The van der Waals surface area contributed by atoms with Crippen LogP contribution in [0.15, 0.2) is 30.6 Å². The fraction of sp³-hybridized carbons (Fsp3) is 0.478. The Hall–Kier alpha value is -3.29. The highest BCUT2D eigenvalue weighted by Crippen LogP contribution is 2.37. The standard InChI is InChI=1S/C23H30N6O6S/c1-14-11-24-21(25-12-14)15(2)16(3)36(30,31)28-23-27-26-22(19-13-34-9-10-35-19)29(23)20-17(32-4)7-6-8-18(20)33-5/h6-8,11-12,15-16,19H,9-10,13H2,1-5H3,(H,27,28)/t15-,16-,19?/m0/s1. The normalized spacial score (nSPS) is 17.9. The number of para-hydroxylation sites is 1. The number of aryl methyl sites for hydroxylation is 1. The van der Waals surface area contributed by atoms with Crippen LogP contribution < -0.4 is 14.2 Å². The highest BCUT2D eigenvalue weighted by Gasteiger charge is 2.34. The molecule has 2 aromatic heterocycles. The van der Waals surface area contributed by atoms with E-state index in [0.717, 1.165) is 5.56 Å². The van der Waals surface area contributed by atoms with Gasteiger partial charge in [0.05, 0.1) is 39.3 Å². The lowest BCUT2D eigenvalue weighted by Crippen LogP contribution is -2.32. The Morgan fingerprint density at radius 2 is 1.75 bits per heavy atom. The van der Waals surface area contributed by atoms with E-state index in [1.165, 1.54) is 18.8 Å². The van der Waals surface area contributed by atoms with Gasteiger partial charge in [0.15, 0.2) is 5.82 Å². The average molecular weight is 519 g/mol. The molecule has 3 atom stereocenters. The predicted octanol–water partition coefficient (Wildman–Crippen LogP) is 2.40. The molecule has 36 heavy (non-hydrogen) atoms. The number of rotatable bonds is 9. The number of ether oxygens (including phenoxy) is 4. The molecule has 0 radical (unpaired) electrons. The van der Waals surface area contributed by atoms with Crippen molar-refractivity contribution in [3.63, 3.8) is 0 Å². The molecule has 1 saturated heterocycles. The van der Waals surface area contributed by atoms with Gasteiger partial charge < -0.3 is 18.9 Å². The number of benzene rings is 1. The summed E-state index contributed by atoms with van der Waals surface area (Å²) in [4.78, 5) is 8.59. The molecule has 1 unspecified atom stereocenters. The van der Waals surface area contributed by atoms with Gasteiger partial charge >= 0.3 is 0 Å². The minimum atomic E-state index is -3.96. The molecule has 1 N–H and O–H groups in total. The van der Waals surface area contributed by atoms with Crippen molar-refractivity contribution in [1.82, 2.24) is 24.7 Å². The third-order valence-corrected chi connectivity index (χ3v) is 7.91. The van der Waals surface area contributed by atoms with Crippen LogP contribution >= 0.6 is 0 Å². The second-order valence-corrected chi connectivity index (χ2v) is 10.5. The fourth-order valence-corrected chi connectivity index (χ4v) is 5.05. The van der Waals surface area contributed by atoms with Crippen LogP contribution in [-0.4, -0.2) is 72.4 Å². The molecular weight excluding hydrogens is 488 g/mol. The lowest BCUT2D eigenvalue weighted by atomic mass is 10.1. The van der Waals surface area contributed by atoms with E-state index in [9.17, 15) is 8.42 Å². The van der Waals surface area contributed by atoms with Crippen molar-refractivity contribution in [2.45, 2.75) is 38.0 Å². The van der Waals surface area contributed by atoms with Gasteiger partial charge in [-0.15, -0.1) is 10.2 Å². The molecule has 1 fully saturated rings. The van der Waals surface area contributed by atoms with Crippen molar-refractivity contribution in [3.05, 3.63) is 47.8 Å². The van der Waals surface area contributed by atoms with E-state index in [0.29, 0.717) is 42.0 Å². The number of nitrogens with one attached hydrogen (secondary N) is 1. The Morgan fingerprint density at radius 3 is 2.33 bits per heavy atom. The number of nitrogens with zero attached hydrogens (tertiary/aromatic N) is 5. The van der Waals surface area contributed by atoms with Crippen molar-refractivity contribution >= 4 is 16.0 Å². The lowest BCUT2D eigenvalue weighted by Gasteiger charge is -2.25. The number of aromatic nitrogens is 5. The second-order valence-electron chi connectivity index (χ2n) is 8.42. The third-order valence-electron chi connectivity index (χ3n) is 6.05.